The van der Waals surface area contributed by atoms with Crippen LogP contribution in [0.5, 0.6) is 0 Å². The minimum atomic E-state index is -0.189. The van der Waals surface area contributed by atoms with Crippen molar-refractivity contribution in [3.05, 3.63) is 21.8 Å². The Balaban J connectivity index is 2.46. The summed E-state index contributed by atoms with van der Waals surface area (Å²) in [5.41, 5.74) is 1.43. The van der Waals surface area contributed by atoms with Crippen molar-refractivity contribution in [1.82, 2.24) is 4.98 Å². The van der Waals surface area contributed by atoms with Crippen LogP contribution in [0, 0.1) is 3.57 Å². The minimum absolute atomic E-state index is 0.189. The quantitative estimate of drug-likeness (QED) is 0.823. The van der Waals surface area contributed by atoms with Crippen LogP contribution in [0.15, 0.2) is 22.6 Å². The topological polar surface area (TPSA) is 55.1 Å². The maximum atomic E-state index is 10.7. The fourth-order valence-electron chi connectivity index (χ4n) is 1.10. The molecule has 1 aromatic heterocycles. The predicted octanol–water partition coefficient (Wildman–Crippen LogP) is 2.39. The van der Waals surface area contributed by atoms with Gasteiger partial charge in [0.2, 0.25) is 5.91 Å². The Kier molecular flexibility index (Phi) is 2.40. The predicted molar refractivity (Wildman–Crippen MR) is 61.0 cm³/mol. The molecule has 0 saturated heterocycles. The Morgan fingerprint density at radius 3 is 3.07 bits per heavy atom. The number of aromatic nitrogens is 1. The number of nitrogens with one attached hydrogen (secondary N) is 1. The van der Waals surface area contributed by atoms with E-state index in [2.05, 4.69) is 32.9 Å². The summed E-state index contributed by atoms with van der Waals surface area (Å²) >= 11 is 2.19. The maximum Gasteiger partial charge on any atom is 0.302 e. The fourth-order valence-corrected chi connectivity index (χ4v) is 1.58. The highest BCUT2D eigenvalue weighted by Gasteiger charge is 2.06. The first-order chi connectivity index (χ1) is 6.65. The van der Waals surface area contributed by atoms with Gasteiger partial charge in [-0.2, -0.15) is 4.98 Å². The van der Waals surface area contributed by atoms with Gasteiger partial charge in [-0.05, 0) is 40.8 Å². The third-order valence-corrected chi connectivity index (χ3v) is 2.30. The van der Waals surface area contributed by atoms with E-state index in [9.17, 15) is 4.79 Å². The number of nitrogens with zero attached hydrogens (tertiary/aromatic N) is 1. The van der Waals surface area contributed by atoms with Crippen LogP contribution < -0.4 is 5.32 Å². The molecule has 0 aliphatic heterocycles. The highest BCUT2D eigenvalue weighted by molar-refractivity contribution is 14.1. The van der Waals surface area contributed by atoms with E-state index < -0.39 is 0 Å². The number of hydrogen-bond donors (Lipinski definition) is 1. The molecule has 2 rings (SSSR count). The smallest absolute Gasteiger partial charge is 0.302 e. The molecule has 0 saturated carbocycles. The van der Waals surface area contributed by atoms with Gasteiger partial charge in [-0.1, -0.05) is 0 Å². The van der Waals surface area contributed by atoms with Gasteiger partial charge >= 0.3 is 6.01 Å². The van der Waals surface area contributed by atoms with Crippen LogP contribution in [-0.2, 0) is 4.79 Å². The lowest BCUT2D eigenvalue weighted by molar-refractivity contribution is -0.114. The standard InChI is InChI=1S/C9H7IN2O2/c1-5(13)11-9-12-7-4-6(10)2-3-8(7)14-9/h2-4H,1H3,(H,11,12,13). The molecule has 0 aliphatic carbocycles. The molecule has 0 spiro atoms. The molecule has 0 aliphatic rings. The number of benzene rings is 1. The third kappa shape index (κ3) is 1.87. The average molecular weight is 302 g/mol. The number of oxazole rings is 1. The van der Waals surface area contributed by atoms with Gasteiger partial charge in [0.1, 0.15) is 5.52 Å². The van der Waals surface area contributed by atoms with E-state index in [-0.39, 0.29) is 11.9 Å². The van der Waals surface area contributed by atoms with Gasteiger partial charge in [0.25, 0.3) is 0 Å². The van der Waals surface area contributed by atoms with Crippen LogP contribution in [0.4, 0.5) is 6.01 Å². The van der Waals surface area contributed by atoms with Gasteiger partial charge in [-0.15, -0.1) is 0 Å². The van der Waals surface area contributed by atoms with Crippen LogP contribution in [0.3, 0.4) is 0 Å². The molecule has 14 heavy (non-hydrogen) atoms. The Bertz CT molecular complexity index is 493. The lowest BCUT2D eigenvalue weighted by Gasteiger charge is -1.90. The van der Waals surface area contributed by atoms with Gasteiger partial charge in [0, 0.05) is 10.5 Å². The zero-order chi connectivity index (χ0) is 10.1. The van der Waals surface area contributed by atoms with Crippen molar-refractivity contribution >= 4 is 45.6 Å². The maximum absolute atomic E-state index is 10.7. The number of fused-ring (bicyclic) bond motifs is 1. The van der Waals surface area contributed by atoms with E-state index in [1.807, 2.05) is 18.2 Å². The van der Waals surface area contributed by atoms with E-state index in [0.717, 1.165) is 9.09 Å². The van der Waals surface area contributed by atoms with Crippen LogP contribution in [0.2, 0.25) is 0 Å². The van der Waals surface area contributed by atoms with Gasteiger partial charge in [-0.3, -0.25) is 10.1 Å². The summed E-state index contributed by atoms with van der Waals surface area (Å²) in [5, 5.41) is 2.49. The van der Waals surface area contributed by atoms with Crippen molar-refractivity contribution in [2.24, 2.45) is 0 Å². The molecule has 1 aromatic carbocycles. The summed E-state index contributed by atoms with van der Waals surface area (Å²) in [6.07, 6.45) is 0. The number of carbonyl (C=O) groups is 1. The Labute approximate surface area is 93.8 Å². The summed E-state index contributed by atoms with van der Waals surface area (Å²) in [7, 11) is 0. The number of anilines is 1. The molecule has 0 atom stereocenters. The van der Waals surface area contributed by atoms with Crippen LogP contribution >= 0.6 is 22.6 Å². The van der Waals surface area contributed by atoms with Crippen LogP contribution in [0.25, 0.3) is 11.1 Å². The highest BCUT2D eigenvalue weighted by atomic mass is 127. The van der Waals surface area contributed by atoms with Crippen molar-refractivity contribution < 1.29 is 9.21 Å². The van der Waals surface area contributed by atoms with Crippen LogP contribution in [0.1, 0.15) is 6.92 Å². The summed E-state index contributed by atoms with van der Waals surface area (Å²) in [6, 6.07) is 5.89. The van der Waals surface area contributed by atoms with E-state index >= 15 is 0 Å². The van der Waals surface area contributed by atoms with Gasteiger partial charge < -0.3 is 4.42 Å². The van der Waals surface area contributed by atoms with E-state index in [1.54, 1.807) is 0 Å². The second-order valence-corrected chi connectivity index (χ2v) is 4.06. The Morgan fingerprint density at radius 1 is 1.57 bits per heavy atom. The SMILES string of the molecule is CC(=O)Nc1nc2cc(I)ccc2o1. The normalized spacial score (nSPS) is 10.4. The highest BCUT2D eigenvalue weighted by Crippen LogP contribution is 2.20. The summed E-state index contributed by atoms with van der Waals surface area (Å²) in [4.78, 5) is 14.9. The average Bonchev–Trinajstić information content (AvgIpc) is 2.44. The summed E-state index contributed by atoms with van der Waals surface area (Å²) < 4.78 is 6.37. The van der Waals surface area contributed by atoms with Gasteiger partial charge in [0.15, 0.2) is 5.58 Å². The first-order valence-electron chi connectivity index (χ1n) is 3.99. The molecule has 4 nitrogen and oxygen atoms in total. The molecule has 1 N–H and O–H groups in total. The van der Waals surface area contributed by atoms with E-state index in [4.69, 9.17) is 4.42 Å². The zero-order valence-electron chi connectivity index (χ0n) is 7.37. The molecule has 2 aromatic rings. The zero-order valence-corrected chi connectivity index (χ0v) is 9.53. The van der Waals surface area contributed by atoms with Gasteiger partial charge in [-0.25, -0.2) is 0 Å². The van der Waals surface area contributed by atoms with Crippen molar-refractivity contribution in [3.63, 3.8) is 0 Å². The number of halogens is 1. The molecular formula is C9H7IN2O2. The second-order valence-electron chi connectivity index (χ2n) is 2.81. The van der Waals surface area contributed by atoms with Crippen molar-refractivity contribution in [1.29, 1.82) is 0 Å². The molecule has 0 unspecified atom stereocenters. The fraction of sp³-hybridized carbons (Fsp3) is 0.111. The first-order valence-corrected chi connectivity index (χ1v) is 5.07. The molecule has 0 radical (unpaired) electrons. The van der Waals surface area contributed by atoms with E-state index in [1.165, 1.54) is 6.92 Å². The van der Waals surface area contributed by atoms with Crippen molar-refractivity contribution in [2.45, 2.75) is 6.92 Å². The second kappa shape index (κ2) is 3.56. The Hall–Kier alpha value is -1.11. The molecule has 0 bridgehead atoms. The van der Waals surface area contributed by atoms with E-state index in [0.29, 0.717) is 5.58 Å². The van der Waals surface area contributed by atoms with Gasteiger partial charge in [0.05, 0.1) is 0 Å². The molecule has 1 amide bonds. The number of amides is 1. The molecule has 1 heterocycles. The molecular weight excluding hydrogens is 295 g/mol. The molecule has 0 fully saturated rings. The number of rotatable bonds is 1. The van der Waals surface area contributed by atoms with Crippen LogP contribution in [-0.4, -0.2) is 10.9 Å². The summed E-state index contributed by atoms with van der Waals surface area (Å²) in [5.74, 6) is -0.189. The third-order valence-electron chi connectivity index (χ3n) is 1.63. The molecule has 72 valence electrons. The summed E-state index contributed by atoms with van der Waals surface area (Å²) in [6.45, 7) is 1.42. The lowest BCUT2D eigenvalue weighted by atomic mass is 10.3. The van der Waals surface area contributed by atoms with Crippen molar-refractivity contribution in [3.8, 4) is 0 Å². The van der Waals surface area contributed by atoms with Crippen molar-refractivity contribution in [2.75, 3.05) is 5.32 Å². The Morgan fingerprint density at radius 2 is 2.36 bits per heavy atom. The lowest BCUT2D eigenvalue weighted by Crippen LogP contribution is -2.05. The first kappa shape index (κ1) is 9.45. The monoisotopic (exact) mass is 302 g/mol. The number of carbonyl (C=O) groups excluding carboxylic acids is 1. The number of hydrogen-bond acceptors (Lipinski definition) is 3. The minimum Gasteiger partial charge on any atom is -0.423 e. The largest absolute Gasteiger partial charge is 0.423 e. The molecule has 5 heteroatoms.